The third-order valence-corrected chi connectivity index (χ3v) is 6.56. The van der Waals surface area contributed by atoms with Crippen LogP contribution in [0.5, 0.6) is 0 Å². The molecule has 0 aromatic rings. The zero-order valence-corrected chi connectivity index (χ0v) is 20.6. The fourth-order valence-corrected chi connectivity index (χ4v) is 5.36. The molecular weight excluding hydrogens is 400 g/mol. The Labute approximate surface area is 186 Å². The minimum Gasteiger partial charge on any atom is -0.462 e. The molecule has 2 aliphatic rings. The van der Waals surface area contributed by atoms with Crippen LogP contribution in [0.15, 0.2) is 0 Å². The molecule has 8 nitrogen and oxygen atoms in total. The van der Waals surface area contributed by atoms with Crippen molar-refractivity contribution in [2.45, 2.75) is 129 Å². The summed E-state index contributed by atoms with van der Waals surface area (Å²) in [4.78, 5) is 25.1. The summed E-state index contributed by atoms with van der Waals surface area (Å²) >= 11 is 0. The van der Waals surface area contributed by atoms with E-state index in [0.29, 0.717) is 25.7 Å². The van der Waals surface area contributed by atoms with Gasteiger partial charge in [-0.05, 0) is 55.4 Å². The molecule has 0 spiro atoms. The zero-order chi connectivity index (χ0) is 24.0. The Morgan fingerprint density at radius 3 is 1.42 bits per heavy atom. The lowest BCUT2D eigenvalue weighted by Crippen LogP contribution is -2.60. The number of carbonyl (C=O) groups excluding carboxylic acids is 2. The largest absolute Gasteiger partial charge is 0.462 e. The predicted octanol–water partition coefficient (Wildman–Crippen LogP) is 3.83. The molecule has 2 saturated heterocycles. The maximum Gasteiger partial charge on any atom is 0.309 e. The normalized spacial score (nSPS) is 27.5. The van der Waals surface area contributed by atoms with Gasteiger partial charge < -0.3 is 9.47 Å². The van der Waals surface area contributed by atoms with E-state index in [1.54, 1.807) is 6.92 Å². The van der Waals surface area contributed by atoms with Gasteiger partial charge in [-0.25, -0.2) is 0 Å². The standard InChI is InChI=1S/C23H40N2O6/c1-15(19(27)31-17-13-22(6,7)25(29)23(8,9)14-17)10-18(26)30-16-11-20(2,3)24(28)21(4,5)12-16/h15-17H,10-14H2,1-9H3. The molecule has 0 N–H and O–H groups in total. The third kappa shape index (κ3) is 5.97. The Morgan fingerprint density at radius 1 is 0.742 bits per heavy atom. The van der Waals surface area contributed by atoms with Crippen LogP contribution in [0, 0.1) is 5.92 Å². The number of hydrogen-bond donors (Lipinski definition) is 0. The van der Waals surface area contributed by atoms with Gasteiger partial charge >= 0.3 is 11.9 Å². The molecule has 2 fully saturated rings. The van der Waals surface area contributed by atoms with Crippen LogP contribution in [0.25, 0.3) is 0 Å². The number of nitrogens with zero attached hydrogens (tertiary/aromatic N) is 2. The van der Waals surface area contributed by atoms with E-state index >= 15 is 0 Å². The van der Waals surface area contributed by atoms with Gasteiger partial charge in [0.25, 0.3) is 0 Å². The third-order valence-electron chi connectivity index (χ3n) is 6.56. The molecule has 0 aromatic carbocycles. The van der Waals surface area contributed by atoms with Crippen molar-refractivity contribution in [3.63, 3.8) is 0 Å². The number of hydrogen-bond acceptors (Lipinski definition) is 6. The van der Waals surface area contributed by atoms with Gasteiger partial charge in [-0.3, -0.25) is 9.59 Å². The second-order valence-electron chi connectivity index (χ2n) is 11.9. The van der Waals surface area contributed by atoms with Gasteiger partial charge in [0, 0.05) is 47.8 Å². The van der Waals surface area contributed by atoms with E-state index in [0.717, 1.165) is 10.1 Å². The monoisotopic (exact) mass is 440 g/mol. The van der Waals surface area contributed by atoms with Crippen LogP contribution in [-0.2, 0) is 29.5 Å². The minimum absolute atomic E-state index is 0.0789. The first kappa shape index (κ1) is 26.0. The first-order chi connectivity index (χ1) is 13.9. The lowest BCUT2D eigenvalue weighted by molar-refractivity contribution is -0.300. The van der Waals surface area contributed by atoms with Gasteiger partial charge in [-0.2, -0.15) is 0 Å². The molecule has 2 heterocycles. The van der Waals surface area contributed by atoms with Crippen molar-refractivity contribution in [3.8, 4) is 0 Å². The molecule has 0 saturated carbocycles. The molecule has 2 rings (SSSR count). The lowest BCUT2D eigenvalue weighted by Gasteiger charge is -2.49. The molecule has 178 valence electrons. The van der Waals surface area contributed by atoms with Crippen molar-refractivity contribution in [1.82, 2.24) is 10.1 Å². The number of carbonyl (C=O) groups is 2. The highest BCUT2D eigenvalue weighted by molar-refractivity contribution is 5.79. The highest BCUT2D eigenvalue weighted by Gasteiger charge is 2.49. The lowest BCUT2D eigenvalue weighted by atomic mass is 9.80. The number of piperidine rings is 2. The zero-order valence-electron chi connectivity index (χ0n) is 20.6. The average molecular weight is 441 g/mol. The van der Waals surface area contributed by atoms with Crippen LogP contribution >= 0.6 is 0 Å². The molecule has 1 atom stereocenters. The summed E-state index contributed by atoms with van der Waals surface area (Å²) in [5, 5.41) is 27.1. The van der Waals surface area contributed by atoms with Crippen molar-refractivity contribution in [2.75, 3.05) is 0 Å². The van der Waals surface area contributed by atoms with E-state index in [-0.39, 0.29) is 18.6 Å². The maximum absolute atomic E-state index is 12.6. The maximum atomic E-state index is 12.6. The smallest absolute Gasteiger partial charge is 0.309 e. The topological polar surface area (TPSA) is 98.9 Å². The average Bonchev–Trinajstić information content (AvgIpc) is 2.56. The van der Waals surface area contributed by atoms with Crippen molar-refractivity contribution >= 4 is 11.9 Å². The van der Waals surface area contributed by atoms with E-state index in [2.05, 4.69) is 0 Å². The quantitative estimate of drug-likeness (QED) is 0.603. The molecule has 0 amide bonds. The Morgan fingerprint density at radius 2 is 1.06 bits per heavy atom. The van der Waals surface area contributed by atoms with Gasteiger partial charge in [-0.15, -0.1) is 20.5 Å². The summed E-state index contributed by atoms with van der Waals surface area (Å²) in [6, 6.07) is 0. The summed E-state index contributed by atoms with van der Waals surface area (Å²) < 4.78 is 11.3. The first-order valence-corrected chi connectivity index (χ1v) is 11.2. The van der Waals surface area contributed by atoms with Crippen LogP contribution in [0.3, 0.4) is 0 Å². The van der Waals surface area contributed by atoms with Crippen molar-refractivity contribution in [1.29, 1.82) is 0 Å². The van der Waals surface area contributed by atoms with E-state index in [1.807, 2.05) is 55.4 Å². The summed E-state index contributed by atoms with van der Waals surface area (Å²) in [5.74, 6) is -1.57. The molecule has 2 radical (unpaired) electrons. The van der Waals surface area contributed by atoms with E-state index in [1.165, 1.54) is 0 Å². The van der Waals surface area contributed by atoms with Crippen molar-refractivity contribution in [2.24, 2.45) is 5.92 Å². The van der Waals surface area contributed by atoms with Crippen LogP contribution < -0.4 is 0 Å². The Balaban J connectivity index is 1.91. The molecule has 0 bridgehead atoms. The Hall–Kier alpha value is -1.22. The molecule has 2 aliphatic heterocycles. The summed E-state index contributed by atoms with van der Waals surface area (Å²) in [6.07, 6.45) is 0.967. The van der Waals surface area contributed by atoms with E-state index in [4.69, 9.17) is 9.47 Å². The van der Waals surface area contributed by atoms with E-state index in [9.17, 15) is 20.0 Å². The highest BCUT2D eigenvalue weighted by Crippen LogP contribution is 2.39. The van der Waals surface area contributed by atoms with Crippen LogP contribution in [0.2, 0.25) is 0 Å². The van der Waals surface area contributed by atoms with Gasteiger partial charge in [0.2, 0.25) is 0 Å². The number of hydroxylamine groups is 4. The molecule has 0 aromatic heterocycles. The van der Waals surface area contributed by atoms with Crippen molar-refractivity contribution < 1.29 is 29.5 Å². The second kappa shape index (κ2) is 8.61. The fraction of sp³-hybridized carbons (Fsp3) is 0.913. The summed E-state index contributed by atoms with van der Waals surface area (Å²) in [5.41, 5.74) is -2.53. The fourth-order valence-electron chi connectivity index (χ4n) is 5.36. The molecule has 1 unspecified atom stereocenters. The summed E-state index contributed by atoms with van der Waals surface area (Å²) in [7, 11) is 0. The Bertz CT molecular complexity index is 652. The molecular formula is C23H40N2O6. The number of rotatable bonds is 5. The first-order valence-electron chi connectivity index (χ1n) is 11.2. The van der Waals surface area contributed by atoms with Gasteiger partial charge in [-0.1, -0.05) is 6.92 Å². The van der Waals surface area contributed by atoms with Gasteiger partial charge in [0.05, 0.1) is 12.3 Å². The predicted molar refractivity (Wildman–Crippen MR) is 113 cm³/mol. The van der Waals surface area contributed by atoms with Crippen LogP contribution in [-0.4, -0.2) is 56.4 Å². The van der Waals surface area contributed by atoms with Gasteiger partial charge in [0.1, 0.15) is 12.2 Å². The molecule has 0 aliphatic carbocycles. The van der Waals surface area contributed by atoms with E-state index < -0.39 is 40.0 Å². The minimum atomic E-state index is -0.648. The van der Waals surface area contributed by atoms with Crippen LogP contribution in [0.1, 0.15) is 94.4 Å². The van der Waals surface area contributed by atoms with Gasteiger partial charge in [0.15, 0.2) is 0 Å². The number of esters is 2. The molecule has 31 heavy (non-hydrogen) atoms. The Kier molecular flexibility index (Phi) is 7.23. The second-order valence-corrected chi connectivity index (χ2v) is 11.9. The SMILES string of the molecule is CC(CC(=O)OC1CC(C)(C)N([O])C(C)(C)C1)C(=O)OC1CC(C)(C)N([O])C(C)(C)C1. The van der Waals surface area contributed by atoms with Crippen LogP contribution in [0.4, 0.5) is 0 Å². The number of ether oxygens (including phenoxy) is 2. The van der Waals surface area contributed by atoms with Crippen molar-refractivity contribution in [3.05, 3.63) is 0 Å². The summed E-state index contributed by atoms with van der Waals surface area (Å²) in [6.45, 7) is 16.4. The highest BCUT2D eigenvalue weighted by atomic mass is 16.6. The molecule has 8 heteroatoms.